The number of rotatable bonds is 3. The highest BCUT2D eigenvalue weighted by Gasteiger charge is 2.14. The van der Waals surface area contributed by atoms with Crippen molar-refractivity contribution in [1.29, 1.82) is 0 Å². The number of nitrogens with zero attached hydrogens (tertiary/aromatic N) is 3. The molecule has 2 aromatic rings. The molecule has 0 saturated heterocycles. The second-order valence-corrected chi connectivity index (χ2v) is 3.83. The van der Waals surface area contributed by atoms with E-state index >= 15 is 0 Å². The van der Waals surface area contributed by atoms with E-state index in [-0.39, 0.29) is 11.5 Å². The van der Waals surface area contributed by atoms with Crippen molar-refractivity contribution in [2.24, 2.45) is 5.73 Å². The van der Waals surface area contributed by atoms with Gasteiger partial charge >= 0.3 is 0 Å². The average molecular weight is 231 g/mol. The van der Waals surface area contributed by atoms with Crippen molar-refractivity contribution in [2.45, 2.75) is 13.5 Å². The molecule has 1 aromatic heterocycles. The number of aryl methyl sites for hydroxylation is 1. The van der Waals surface area contributed by atoms with E-state index in [9.17, 15) is 4.79 Å². The lowest BCUT2D eigenvalue weighted by Gasteiger charge is -2.03. The smallest absolute Gasteiger partial charge is 0.273 e. The van der Waals surface area contributed by atoms with Crippen LogP contribution in [-0.4, -0.2) is 20.9 Å². The zero-order valence-electron chi connectivity index (χ0n) is 9.42. The summed E-state index contributed by atoms with van der Waals surface area (Å²) in [6, 6.07) is 7.94. The summed E-state index contributed by atoms with van der Waals surface area (Å²) >= 11 is 0. The zero-order valence-corrected chi connectivity index (χ0v) is 9.42. The Morgan fingerprint density at radius 1 is 1.35 bits per heavy atom. The van der Waals surface area contributed by atoms with Gasteiger partial charge in [-0.1, -0.05) is 35.0 Å². The molecule has 6 nitrogen and oxygen atoms in total. The number of amides is 1. The van der Waals surface area contributed by atoms with Gasteiger partial charge in [-0.15, -0.1) is 5.10 Å². The van der Waals surface area contributed by atoms with E-state index in [1.807, 2.05) is 31.2 Å². The molecule has 4 N–H and O–H groups in total. The molecule has 0 aliphatic rings. The molecular weight excluding hydrogens is 218 g/mol. The Bertz CT molecular complexity index is 543. The number of nitrogens with two attached hydrogens (primary N) is 2. The third-order valence-corrected chi connectivity index (χ3v) is 2.46. The Hall–Kier alpha value is -2.37. The third-order valence-electron chi connectivity index (χ3n) is 2.46. The summed E-state index contributed by atoms with van der Waals surface area (Å²) in [7, 11) is 0. The van der Waals surface area contributed by atoms with Crippen molar-refractivity contribution in [3.63, 3.8) is 0 Å². The number of primary amides is 1. The summed E-state index contributed by atoms with van der Waals surface area (Å²) in [5.41, 5.74) is 13.0. The SMILES string of the molecule is Cc1ccc(Cn2nnc(C(N)=O)c2N)cc1. The first-order chi connectivity index (χ1) is 8.08. The summed E-state index contributed by atoms with van der Waals surface area (Å²) in [6.45, 7) is 2.48. The quantitative estimate of drug-likeness (QED) is 0.794. The maximum atomic E-state index is 11.0. The summed E-state index contributed by atoms with van der Waals surface area (Å²) in [5, 5.41) is 7.44. The highest BCUT2D eigenvalue weighted by molar-refractivity contribution is 5.94. The van der Waals surface area contributed by atoms with Crippen LogP contribution in [-0.2, 0) is 6.54 Å². The molecule has 0 saturated carbocycles. The molecule has 1 amide bonds. The molecular formula is C11H13N5O. The minimum atomic E-state index is -0.669. The standard InChI is InChI=1S/C11H13N5O/c1-7-2-4-8(5-3-7)6-16-10(12)9(11(13)17)14-15-16/h2-5H,6,12H2,1H3,(H2,13,17). The number of aromatic nitrogens is 3. The van der Waals surface area contributed by atoms with Crippen molar-refractivity contribution in [3.05, 3.63) is 41.1 Å². The fourth-order valence-corrected chi connectivity index (χ4v) is 1.48. The van der Waals surface area contributed by atoms with Gasteiger partial charge in [-0.05, 0) is 12.5 Å². The maximum Gasteiger partial charge on any atom is 0.273 e. The Kier molecular flexibility index (Phi) is 2.78. The van der Waals surface area contributed by atoms with Crippen molar-refractivity contribution in [3.8, 4) is 0 Å². The van der Waals surface area contributed by atoms with Gasteiger partial charge in [0.15, 0.2) is 11.5 Å². The van der Waals surface area contributed by atoms with Crippen LogP contribution in [0.5, 0.6) is 0 Å². The third kappa shape index (κ3) is 2.25. The van der Waals surface area contributed by atoms with Gasteiger partial charge < -0.3 is 11.5 Å². The lowest BCUT2D eigenvalue weighted by Crippen LogP contribution is -2.14. The fraction of sp³-hybridized carbons (Fsp3) is 0.182. The van der Waals surface area contributed by atoms with Crippen LogP contribution >= 0.6 is 0 Å². The largest absolute Gasteiger partial charge is 0.382 e. The Labute approximate surface area is 98.2 Å². The van der Waals surface area contributed by atoms with Crippen molar-refractivity contribution in [1.82, 2.24) is 15.0 Å². The van der Waals surface area contributed by atoms with E-state index in [4.69, 9.17) is 11.5 Å². The second-order valence-electron chi connectivity index (χ2n) is 3.83. The van der Waals surface area contributed by atoms with E-state index < -0.39 is 5.91 Å². The topological polar surface area (TPSA) is 99.8 Å². The molecule has 1 heterocycles. The molecule has 0 aliphatic heterocycles. The molecule has 0 aliphatic carbocycles. The number of carbonyl (C=O) groups excluding carboxylic acids is 1. The van der Waals surface area contributed by atoms with Crippen molar-refractivity contribution < 1.29 is 4.79 Å². The molecule has 0 unspecified atom stereocenters. The van der Waals surface area contributed by atoms with Gasteiger partial charge in [0.1, 0.15) is 0 Å². The van der Waals surface area contributed by atoms with E-state index in [2.05, 4.69) is 10.3 Å². The van der Waals surface area contributed by atoms with Gasteiger partial charge in [0.2, 0.25) is 0 Å². The van der Waals surface area contributed by atoms with Crippen LogP contribution in [0.4, 0.5) is 5.82 Å². The lowest BCUT2D eigenvalue weighted by atomic mass is 10.1. The first kappa shape index (κ1) is 11.1. The number of benzene rings is 1. The van der Waals surface area contributed by atoms with Crippen LogP contribution in [0, 0.1) is 6.92 Å². The van der Waals surface area contributed by atoms with E-state index in [0.717, 1.165) is 5.56 Å². The summed E-state index contributed by atoms with van der Waals surface area (Å²) in [5.74, 6) is -0.476. The van der Waals surface area contributed by atoms with Crippen LogP contribution in [0.15, 0.2) is 24.3 Å². The number of carbonyl (C=O) groups is 1. The predicted molar refractivity (Wildman–Crippen MR) is 63.2 cm³/mol. The summed E-state index contributed by atoms with van der Waals surface area (Å²) in [6.07, 6.45) is 0. The molecule has 0 atom stereocenters. The van der Waals surface area contributed by atoms with Gasteiger partial charge in [0, 0.05) is 0 Å². The second kappa shape index (κ2) is 4.25. The molecule has 1 aromatic carbocycles. The lowest BCUT2D eigenvalue weighted by molar-refractivity contribution is 0.0996. The first-order valence-electron chi connectivity index (χ1n) is 5.12. The maximum absolute atomic E-state index is 11.0. The van der Waals surface area contributed by atoms with Crippen molar-refractivity contribution >= 4 is 11.7 Å². The summed E-state index contributed by atoms with van der Waals surface area (Å²) < 4.78 is 1.45. The van der Waals surface area contributed by atoms with Crippen LogP contribution in [0.3, 0.4) is 0 Å². The predicted octanol–water partition coefficient (Wildman–Crippen LogP) is 0.316. The van der Waals surface area contributed by atoms with E-state index in [0.29, 0.717) is 6.54 Å². The number of nitrogen functional groups attached to an aromatic ring is 1. The molecule has 0 fully saturated rings. The molecule has 0 bridgehead atoms. The van der Waals surface area contributed by atoms with Crippen LogP contribution in [0.25, 0.3) is 0 Å². The Morgan fingerprint density at radius 2 is 2.00 bits per heavy atom. The molecule has 17 heavy (non-hydrogen) atoms. The van der Waals surface area contributed by atoms with Crippen LogP contribution in [0.1, 0.15) is 21.6 Å². The van der Waals surface area contributed by atoms with Gasteiger partial charge in [-0.25, -0.2) is 4.68 Å². The monoisotopic (exact) mass is 231 g/mol. The zero-order chi connectivity index (χ0) is 12.4. The van der Waals surface area contributed by atoms with Gasteiger partial charge in [0.25, 0.3) is 5.91 Å². The van der Waals surface area contributed by atoms with Gasteiger partial charge in [0.05, 0.1) is 6.54 Å². The minimum absolute atomic E-state index is 0.0112. The number of anilines is 1. The highest BCUT2D eigenvalue weighted by Crippen LogP contribution is 2.10. The van der Waals surface area contributed by atoms with Gasteiger partial charge in [-0.3, -0.25) is 4.79 Å². The van der Waals surface area contributed by atoms with Crippen molar-refractivity contribution in [2.75, 3.05) is 5.73 Å². The molecule has 6 heteroatoms. The summed E-state index contributed by atoms with van der Waals surface area (Å²) in [4.78, 5) is 11.0. The molecule has 2 rings (SSSR count). The number of hydrogen-bond donors (Lipinski definition) is 2. The van der Waals surface area contributed by atoms with Crippen LogP contribution in [0.2, 0.25) is 0 Å². The number of hydrogen-bond acceptors (Lipinski definition) is 4. The molecule has 0 spiro atoms. The van der Waals surface area contributed by atoms with E-state index in [1.165, 1.54) is 10.2 Å². The Balaban J connectivity index is 2.24. The Morgan fingerprint density at radius 3 is 2.53 bits per heavy atom. The molecule has 0 radical (unpaired) electrons. The minimum Gasteiger partial charge on any atom is -0.382 e. The van der Waals surface area contributed by atoms with E-state index in [1.54, 1.807) is 0 Å². The van der Waals surface area contributed by atoms with Gasteiger partial charge in [-0.2, -0.15) is 0 Å². The average Bonchev–Trinajstić information content (AvgIpc) is 2.64. The highest BCUT2D eigenvalue weighted by atomic mass is 16.1. The molecule has 88 valence electrons. The normalized spacial score (nSPS) is 10.4. The van der Waals surface area contributed by atoms with Crippen LogP contribution < -0.4 is 11.5 Å². The fourth-order valence-electron chi connectivity index (χ4n) is 1.48. The first-order valence-corrected chi connectivity index (χ1v) is 5.12.